The highest BCUT2D eigenvalue weighted by atomic mass is 14.7. The zero-order valence-corrected chi connectivity index (χ0v) is 6.09. The zero-order valence-electron chi connectivity index (χ0n) is 6.09. The van der Waals surface area contributed by atoms with Gasteiger partial charge in [0.15, 0.2) is 0 Å². The van der Waals surface area contributed by atoms with Gasteiger partial charge in [0.25, 0.3) is 0 Å². The van der Waals surface area contributed by atoms with E-state index in [-0.39, 0.29) is 6.04 Å². The van der Waals surface area contributed by atoms with Crippen molar-refractivity contribution in [2.45, 2.75) is 26.3 Å². The summed E-state index contributed by atoms with van der Waals surface area (Å²) in [5, 5.41) is 7.62. The summed E-state index contributed by atoms with van der Waals surface area (Å²) in [4.78, 5) is 0. The molecule has 0 saturated heterocycles. The molecule has 0 aliphatic carbocycles. The molecule has 0 fully saturated rings. The van der Waals surface area contributed by atoms with E-state index in [2.05, 4.69) is 0 Å². The summed E-state index contributed by atoms with van der Waals surface area (Å²) in [6, 6.07) is 2.09. The molecule has 54 valence electrons. The highest BCUT2D eigenvalue weighted by Crippen LogP contribution is 1.59. The molecule has 3 heteroatoms. The van der Waals surface area contributed by atoms with E-state index in [0.717, 1.165) is 0 Å². The van der Waals surface area contributed by atoms with Crippen molar-refractivity contribution < 1.29 is 0 Å². The van der Waals surface area contributed by atoms with Gasteiger partial charge in [-0.15, -0.1) is 0 Å². The van der Waals surface area contributed by atoms with Gasteiger partial charge >= 0.3 is 0 Å². The van der Waals surface area contributed by atoms with Gasteiger partial charge in [0.1, 0.15) is 0 Å². The molecule has 1 unspecified atom stereocenters. The van der Waals surface area contributed by atoms with Crippen LogP contribution in [0.3, 0.4) is 0 Å². The van der Waals surface area contributed by atoms with E-state index >= 15 is 0 Å². The van der Waals surface area contributed by atoms with Crippen molar-refractivity contribution in [3.63, 3.8) is 0 Å². The Labute approximate surface area is 56.6 Å². The molecular weight excluding hydrogens is 114 g/mol. The number of hydrogen-bond acceptors (Lipinski definition) is 3. The number of nitrogens with zero attached hydrogens (tertiary/aromatic N) is 1. The second-order valence-electron chi connectivity index (χ2n) is 1.72. The van der Waals surface area contributed by atoms with Gasteiger partial charge in [0, 0.05) is 19.0 Å². The predicted molar refractivity (Wildman–Crippen MR) is 38.6 cm³/mol. The summed E-state index contributed by atoms with van der Waals surface area (Å²) in [7, 11) is 0. The summed E-state index contributed by atoms with van der Waals surface area (Å²) >= 11 is 0. The van der Waals surface area contributed by atoms with Gasteiger partial charge in [-0.05, 0) is 6.92 Å². The molecule has 0 radical (unpaired) electrons. The van der Waals surface area contributed by atoms with Gasteiger partial charge < -0.3 is 11.5 Å². The summed E-state index contributed by atoms with van der Waals surface area (Å²) in [5.74, 6) is 0. The normalized spacial score (nSPS) is 10.6. The first-order chi connectivity index (χ1) is 4.18. The van der Waals surface area contributed by atoms with Crippen LogP contribution < -0.4 is 11.5 Å². The molecule has 0 aliphatic heterocycles. The first kappa shape index (κ1) is 11.2. The maximum Gasteiger partial charge on any atom is 0.0618 e. The minimum absolute atomic E-state index is 0.162. The van der Waals surface area contributed by atoms with Gasteiger partial charge in [-0.2, -0.15) is 5.26 Å². The molecule has 3 nitrogen and oxygen atoms in total. The summed E-state index contributed by atoms with van der Waals surface area (Å²) < 4.78 is 0. The minimum atomic E-state index is 0.162. The van der Waals surface area contributed by atoms with Crippen molar-refractivity contribution in [3.05, 3.63) is 0 Å². The van der Waals surface area contributed by atoms with E-state index < -0.39 is 0 Å². The van der Waals surface area contributed by atoms with E-state index in [4.69, 9.17) is 16.7 Å². The van der Waals surface area contributed by atoms with Crippen LogP contribution in [0.25, 0.3) is 0 Å². The highest BCUT2D eigenvalue weighted by molar-refractivity contribution is 4.61. The van der Waals surface area contributed by atoms with E-state index in [1.165, 1.54) is 0 Å². The van der Waals surface area contributed by atoms with Gasteiger partial charge in [-0.3, -0.25) is 0 Å². The van der Waals surface area contributed by atoms with Crippen molar-refractivity contribution in [1.82, 2.24) is 0 Å². The van der Waals surface area contributed by atoms with Crippen molar-refractivity contribution in [3.8, 4) is 6.07 Å². The zero-order chi connectivity index (χ0) is 7.70. The minimum Gasteiger partial charge on any atom is -0.329 e. The third-order valence-electron chi connectivity index (χ3n) is 0.530. The van der Waals surface area contributed by atoms with E-state index in [0.29, 0.717) is 13.0 Å². The first-order valence-electron chi connectivity index (χ1n) is 3.01. The average Bonchev–Trinajstić information content (AvgIpc) is 1.89. The topological polar surface area (TPSA) is 75.8 Å². The Kier molecular flexibility index (Phi) is 13.0. The van der Waals surface area contributed by atoms with Crippen LogP contribution in [-0.2, 0) is 0 Å². The number of nitrogens with two attached hydrogens (primary N) is 2. The van der Waals surface area contributed by atoms with E-state index in [9.17, 15) is 0 Å². The molecule has 1 atom stereocenters. The average molecular weight is 129 g/mol. The lowest BCUT2D eigenvalue weighted by Crippen LogP contribution is -2.25. The standard InChI is InChI=1S/C3H10N2.C3H5N/c1-3(5)2-4;1-2-3-4/h3H,2,4-5H2,1H3;2H2,1H3. The van der Waals surface area contributed by atoms with Crippen LogP contribution >= 0.6 is 0 Å². The molecule has 0 spiro atoms. The number of nitriles is 1. The maximum absolute atomic E-state index is 7.62. The van der Waals surface area contributed by atoms with Crippen LogP contribution in [0, 0.1) is 11.3 Å². The lowest BCUT2D eigenvalue weighted by atomic mass is 10.4. The van der Waals surface area contributed by atoms with Crippen LogP contribution in [0.5, 0.6) is 0 Å². The third kappa shape index (κ3) is 37.3. The second-order valence-corrected chi connectivity index (χ2v) is 1.72. The fraction of sp³-hybridized carbons (Fsp3) is 0.833. The van der Waals surface area contributed by atoms with Crippen LogP contribution in [-0.4, -0.2) is 12.6 Å². The highest BCUT2D eigenvalue weighted by Gasteiger charge is 1.79. The Morgan fingerprint density at radius 3 is 1.89 bits per heavy atom. The molecule has 0 saturated carbocycles. The predicted octanol–water partition coefficient (Wildman–Crippen LogP) is 0.212. The Morgan fingerprint density at radius 2 is 1.89 bits per heavy atom. The van der Waals surface area contributed by atoms with Crippen LogP contribution in [0.15, 0.2) is 0 Å². The molecule has 0 rings (SSSR count). The molecular formula is C6H15N3. The van der Waals surface area contributed by atoms with Crippen molar-refractivity contribution in [1.29, 1.82) is 5.26 Å². The smallest absolute Gasteiger partial charge is 0.0618 e. The molecule has 0 amide bonds. The van der Waals surface area contributed by atoms with Crippen molar-refractivity contribution in [2.75, 3.05) is 6.54 Å². The molecule has 9 heavy (non-hydrogen) atoms. The van der Waals surface area contributed by atoms with Gasteiger partial charge in [-0.1, -0.05) is 6.92 Å². The fourth-order valence-electron chi connectivity index (χ4n) is 0. The Balaban J connectivity index is 0. The molecule has 0 aromatic carbocycles. The summed E-state index contributed by atoms with van der Waals surface area (Å²) in [5.41, 5.74) is 10.2. The molecule has 4 N–H and O–H groups in total. The summed E-state index contributed by atoms with van der Waals surface area (Å²) in [6.45, 7) is 4.28. The SMILES string of the molecule is CC(N)CN.CCC#N. The lowest BCUT2D eigenvalue weighted by molar-refractivity contribution is 0.752. The Hall–Kier alpha value is -0.590. The Morgan fingerprint density at radius 1 is 1.67 bits per heavy atom. The molecule has 0 heterocycles. The lowest BCUT2D eigenvalue weighted by Gasteiger charge is -1.92. The first-order valence-corrected chi connectivity index (χ1v) is 3.01. The Bertz CT molecular complexity index is 72.9. The maximum atomic E-state index is 7.62. The second kappa shape index (κ2) is 10.4. The monoisotopic (exact) mass is 129 g/mol. The molecule has 0 aromatic rings. The van der Waals surface area contributed by atoms with Gasteiger partial charge in [-0.25, -0.2) is 0 Å². The van der Waals surface area contributed by atoms with E-state index in [1.54, 1.807) is 0 Å². The molecule has 0 bridgehead atoms. The molecule has 0 aromatic heterocycles. The molecule has 0 aliphatic rings. The number of hydrogen-bond donors (Lipinski definition) is 2. The van der Waals surface area contributed by atoms with Gasteiger partial charge in [0.2, 0.25) is 0 Å². The van der Waals surface area contributed by atoms with E-state index in [1.807, 2.05) is 19.9 Å². The van der Waals surface area contributed by atoms with Crippen LogP contribution in [0.4, 0.5) is 0 Å². The van der Waals surface area contributed by atoms with Crippen LogP contribution in [0.1, 0.15) is 20.3 Å². The van der Waals surface area contributed by atoms with Crippen molar-refractivity contribution >= 4 is 0 Å². The third-order valence-corrected chi connectivity index (χ3v) is 0.530. The largest absolute Gasteiger partial charge is 0.329 e. The summed E-state index contributed by atoms with van der Waals surface area (Å²) in [6.07, 6.45) is 0.625. The van der Waals surface area contributed by atoms with Crippen LogP contribution in [0.2, 0.25) is 0 Å². The fourth-order valence-corrected chi connectivity index (χ4v) is 0. The van der Waals surface area contributed by atoms with Gasteiger partial charge in [0.05, 0.1) is 6.07 Å². The van der Waals surface area contributed by atoms with Crippen molar-refractivity contribution in [2.24, 2.45) is 11.5 Å². The quantitative estimate of drug-likeness (QED) is 0.531. The number of rotatable bonds is 1.